The number of rotatable bonds is 2. The van der Waals surface area contributed by atoms with Crippen molar-refractivity contribution < 1.29 is 13.2 Å². The van der Waals surface area contributed by atoms with Gasteiger partial charge in [-0.15, -0.1) is 0 Å². The Kier molecular flexibility index (Phi) is 3.88. The molecule has 1 saturated heterocycles. The molecule has 0 spiro atoms. The minimum Gasteiger partial charge on any atom is -0.299 e. The third-order valence-corrected chi connectivity index (χ3v) is 5.74. The van der Waals surface area contributed by atoms with Crippen molar-refractivity contribution in [2.24, 2.45) is 5.92 Å². The van der Waals surface area contributed by atoms with Gasteiger partial charge in [-0.05, 0) is 19.8 Å². The maximum atomic E-state index is 11.8. The van der Waals surface area contributed by atoms with Crippen molar-refractivity contribution in [1.82, 2.24) is 4.90 Å². The van der Waals surface area contributed by atoms with Crippen molar-refractivity contribution in [2.45, 2.75) is 38.6 Å². The lowest BCUT2D eigenvalue weighted by atomic mass is 9.87. The van der Waals surface area contributed by atoms with Gasteiger partial charge in [0.15, 0.2) is 9.84 Å². The minimum absolute atomic E-state index is 0.0588. The zero-order valence-corrected chi connectivity index (χ0v) is 11.2. The Balaban J connectivity index is 1.93. The third-order valence-electron chi connectivity index (χ3n) is 3.94. The number of carbonyl (C=O) groups excluding carboxylic acids is 1. The summed E-state index contributed by atoms with van der Waals surface area (Å²) in [6.45, 7) is 3.30. The van der Waals surface area contributed by atoms with Crippen LogP contribution in [0.3, 0.4) is 0 Å². The lowest BCUT2D eigenvalue weighted by molar-refractivity contribution is -0.125. The molecule has 1 aliphatic carbocycles. The van der Waals surface area contributed by atoms with Crippen LogP contribution in [0.2, 0.25) is 0 Å². The fraction of sp³-hybridized carbons (Fsp3) is 0.917. The highest BCUT2D eigenvalue weighted by Crippen LogP contribution is 2.23. The summed E-state index contributed by atoms with van der Waals surface area (Å²) < 4.78 is 22.9. The van der Waals surface area contributed by atoms with Crippen LogP contribution in [0.1, 0.15) is 32.6 Å². The average molecular weight is 259 g/mol. The Hall–Kier alpha value is -0.420. The molecule has 0 aromatic heterocycles. The van der Waals surface area contributed by atoms with Crippen molar-refractivity contribution in [3.8, 4) is 0 Å². The fourth-order valence-corrected chi connectivity index (χ4v) is 4.46. The molecule has 17 heavy (non-hydrogen) atoms. The maximum absolute atomic E-state index is 11.8. The van der Waals surface area contributed by atoms with Crippen LogP contribution < -0.4 is 0 Å². The first-order chi connectivity index (χ1) is 7.98. The summed E-state index contributed by atoms with van der Waals surface area (Å²) >= 11 is 0. The Labute approximate surface area is 103 Å². The first kappa shape index (κ1) is 13.0. The van der Waals surface area contributed by atoms with Gasteiger partial charge in [0.25, 0.3) is 0 Å². The van der Waals surface area contributed by atoms with E-state index < -0.39 is 9.84 Å². The third kappa shape index (κ3) is 3.28. The average Bonchev–Trinajstić information content (AvgIpc) is 2.24. The van der Waals surface area contributed by atoms with Crippen LogP contribution in [0.4, 0.5) is 0 Å². The van der Waals surface area contributed by atoms with E-state index >= 15 is 0 Å². The molecule has 1 saturated carbocycles. The predicted molar refractivity (Wildman–Crippen MR) is 66.7 cm³/mol. The molecular formula is C12H21NO3S. The van der Waals surface area contributed by atoms with Gasteiger partial charge in [-0.25, -0.2) is 8.42 Å². The van der Waals surface area contributed by atoms with Gasteiger partial charge in [0.1, 0.15) is 5.78 Å². The summed E-state index contributed by atoms with van der Waals surface area (Å²) in [5.74, 6) is 1.01. The van der Waals surface area contributed by atoms with Gasteiger partial charge in [0.05, 0.1) is 11.5 Å². The number of Topliss-reactive ketones (excluding diaryl/α,β-unsaturated/α-hetero) is 1. The van der Waals surface area contributed by atoms with Crippen molar-refractivity contribution in [3.63, 3.8) is 0 Å². The molecule has 98 valence electrons. The van der Waals surface area contributed by atoms with Gasteiger partial charge in [-0.3, -0.25) is 9.69 Å². The van der Waals surface area contributed by atoms with E-state index in [1.54, 1.807) is 0 Å². The molecule has 0 aromatic carbocycles. The molecule has 1 aliphatic heterocycles. The first-order valence-electron chi connectivity index (χ1n) is 6.45. The van der Waals surface area contributed by atoms with Gasteiger partial charge in [0, 0.05) is 31.5 Å². The number of nitrogens with zero attached hydrogens (tertiary/aromatic N) is 1. The topological polar surface area (TPSA) is 54.5 Å². The van der Waals surface area contributed by atoms with Crippen LogP contribution in [-0.2, 0) is 14.6 Å². The number of hydrogen-bond donors (Lipinski definition) is 0. The highest BCUT2D eigenvalue weighted by molar-refractivity contribution is 7.91. The van der Waals surface area contributed by atoms with Crippen LogP contribution in [0, 0.1) is 5.92 Å². The minimum atomic E-state index is -2.85. The second-order valence-corrected chi connectivity index (χ2v) is 7.60. The molecule has 2 atom stereocenters. The Morgan fingerprint density at radius 2 is 2.12 bits per heavy atom. The van der Waals surface area contributed by atoms with Crippen molar-refractivity contribution in [3.05, 3.63) is 0 Å². The molecular weight excluding hydrogens is 238 g/mol. The number of hydrogen-bond acceptors (Lipinski definition) is 4. The van der Waals surface area contributed by atoms with E-state index in [0.717, 1.165) is 25.8 Å². The molecule has 4 nitrogen and oxygen atoms in total. The van der Waals surface area contributed by atoms with E-state index in [9.17, 15) is 13.2 Å². The molecule has 2 aliphatic rings. The van der Waals surface area contributed by atoms with Crippen LogP contribution in [-0.4, -0.2) is 49.7 Å². The van der Waals surface area contributed by atoms with E-state index in [0.29, 0.717) is 18.7 Å². The SMILES string of the molecule is CC1CS(=O)(=O)CCN1CC1CCCCC1=O. The molecule has 0 radical (unpaired) electrons. The molecule has 0 bridgehead atoms. The van der Waals surface area contributed by atoms with Gasteiger partial charge >= 0.3 is 0 Å². The van der Waals surface area contributed by atoms with E-state index in [1.165, 1.54) is 0 Å². The fourth-order valence-electron chi connectivity index (χ4n) is 2.84. The lowest BCUT2D eigenvalue weighted by Crippen LogP contribution is -2.49. The van der Waals surface area contributed by atoms with Crippen LogP contribution in [0.25, 0.3) is 0 Å². The molecule has 0 aromatic rings. The monoisotopic (exact) mass is 259 g/mol. The van der Waals surface area contributed by atoms with E-state index in [4.69, 9.17) is 0 Å². The maximum Gasteiger partial charge on any atom is 0.153 e. The number of sulfone groups is 1. The van der Waals surface area contributed by atoms with Crippen molar-refractivity contribution in [1.29, 1.82) is 0 Å². The van der Waals surface area contributed by atoms with Gasteiger partial charge in [-0.2, -0.15) is 0 Å². The first-order valence-corrected chi connectivity index (χ1v) is 8.27. The predicted octanol–water partition coefficient (Wildman–Crippen LogP) is 0.865. The summed E-state index contributed by atoms with van der Waals surface area (Å²) in [5, 5.41) is 0. The molecule has 5 heteroatoms. The van der Waals surface area contributed by atoms with Crippen molar-refractivity contribution in [2.75, 3.05) is 24.6 Å². The Bertz CT molecular complexity index is 391. The summed E-state index contributed by atoms with van der Waals surface area (Å²) in [6, 6.07) is 0.0588. The van der Waals surface area contributed by atoms with E-state index in [1.807, 2.05) is 6.92 Å². The summed E-state index contributed by atoms with van der Waals surface area (Å²) in [4.78, 5) is 13.9. The van der Waals surface area contributed by atoms with Crippen LogP contribution in [0.15, 0.2) is 0 Å². The zero-order valence-electron chi connectivity index (χ0n) is 10.4. The van der Waals surface area contributed by atoms with Crippen molar-refractivity contribution >= 4 is 15.6 Å². The zero-order chi connectivity index (χ0) is 12.5. The quantitative estimate of drug-likeness (QED) is 0.738. The molecule has 0 amide bonds. The lowest BCUT2D eigenvalue weighted by Gasteiger charge is -2.36. The van der Waals surface area contributed by atoms with Crippen LogP contribution >= 0.6 is 0 Å². The number of carbonyl (C=O) groups is 1. The molecule has 0 N–H and O–H groups in total. The molecule has 2 unspecified atom stereocenters. The summed E-state index contributed by atoms with van der Waals surface area (Å²) in [5.41, 5.74) is 0. The van der Waals surface area contributed by atoms with E-state index in [-0.39, 0.29) is 23.5 Å². The molecule has 2 fully saturated rings. The highest BCUT2D eigenvalue weighted by Gasteiger charge is 2.31. The van der Waals surface area contributed by atoms with Gasteiger partial charge in [0.2, 0.25) is 0 Å². The van der Waals surface area contributed by atoms with Gasteiger partial charge in [-0.1, -0.05) is 6.42 Å². The normalized spacial score (nSPS) is 34.8. The summed E-state index contributed by atoms with van der Waals surface area (Å²) in [6.07, 6.45) is 3.86. The molecule has 1 heterocycles. The second-order valence-electron chi connectivity index (χ2n) is 5.37. The molecule has 2 rings (SSSR count). The van der Waals surface area contributed by atoms with E-state index in [2.05, 4.69) is 4.90 Å². The highest BCUT2D eigenvalue weighted by atomic mass is 32.2. The summed E-state index contributed by atoms with van der Waals surface area (Å²) in [7, 11) is -2.85. The smallest absolute Gasteiger partial charge is 0.153 e. The Morgan fingerprint density at radius 3 is 2.76 bits per heavy atom. The second kappa shape index (κ2) is 5.06. The Morgan fingerprint density at radius 1 is 1.35 bits per heavy atom. The van der Waals surface area contributed by atoms with Gasteiger partial charge < -0.3 is 0 Å². The largest absolute Gasteiger partial charge is 0.299 e. The number of ketones is 1. The standard InChI is InChI=1S/C12H21NO3S/c1-10-9-17(15,16)7-6-13(10)8-11-4-2-3-5-12(11)14/h10-11H,2-9H2,1H3. The van der Waals surface area contributed by atoms with Crippen LogP contribution in [0.5, 0.6) is 0 Å².